The second-order valence-corrected chi connectivity index (χ2v) is 9.32. The molecule has 1 aromatic heterocycles. The van der Waals surface area contributed by atoms with Crippen LogP contribution in [0.1, 0.15) is 39.2 Å². The van der Waals surface area contributed by atoms with E-state index in [2.05, 4.69) is 18.8 Å². The van der Waals surface area contributed by atoms with Crippen molar-refractivity contribution in [2.75, 3.05) is 46.0 Å². The number of aryl methyl sites for hydroxylation is 1. The number of carbonyl (C=O) groups is 2. The van der Waals surface area contributed by atoms with E-state index in [0.29, 0.717) is 45.0 Å². The zero-order valence-corrected chi connectivity index (χ0v) is 21.2. The maximum absolute atomic E-state index is 13.0. The minimum atomic E-state index is -1.21. The molecule has 0 radical (unpaired) electrons. The topological polar surface area (TPSA) is 112 Å². The molecule has 1 aliphatic heterocycles. The fourth-order valence-corrected chi connectivity index (χ4v) is 3.70. The molecule has 0 aromatic carbocycles. The second kappa shape index (κ2) is 15.6. The monoisotopic (exact) mass is 491 g/mol. The summed E-state index contributed by atoms with van der Waals surface area (Å²) in [7, 11) is 0. The van der Waals surface area contributed by atoms with Crippen molar-refractivity contribution in [1.29, 1.82) is 0 Å². The van der Waals surface area contributed by atoms with E-state index < -0.39 is 18.3 Å². The largest absolute Gasteiger partial charge is 0.388 e. The van der Waals surface area contributed by atoms with Crippen LogP contribution < -0.4 is 0 Å². The Hall–Kier alpha value is -2.33. The molecule has 0 aliphatic carbocycles. The first-order valence-corrected chi connectivity index (χ1v) is 12.4. The standard InChI is InChI=1S/C26H41N3O6/c1-20(2)10-16-35-24-18-29(21(3)30)14-13-28(12-4-5-15-34-19-23(31)26(24)33)25(32)9-8-22-7-6-11-27-17-22/h4-7,11,17,20,23-24,26,31,33H,8-10,12-16,18-19H2,1-3H3/b5-4+/t23-,24-,26-/m1/s1. The van der Waals surface area contributed by atoms with Crippen LogP contribution >= 0.6 is 0 Å². The van der Waals surface area contributed by atoms with E-state index in [-0.39, 0.29) is 31.6 Å². The smallest absolute Gasteiger partial charge is 0.223 e. The van der Waals surface area contributed by atoms with Crippen LogP contribution in [0.25, 0.3) is 0 Å². The van der Waals surface area contributed by atoms with Gasteiger partial charge in [-0.15, -0.1) is 0 Å². The number of ether oxygens (including phenoxy) is 2. The average Bonchev–Trinajstić information content (AvgIpc) is 2.83. The molecule has 1 aliphatic rings. The summed E-state index contributed by atoms with van der Waals surface area (Å²) in [6.45, 7) is 7.33. The Labute approximate surface area is 208 Å². The van der Waals surface area contributed by atoms with Gasteiger partial charge in [-0.05, 0) is 30.4 Å². The van der Waals surface area contributed by atoms with Gasteiger partial charge in [-0.1, -0.05) is 32.1 Å². The summed E-state index contributed by atoms with van der Waals surface area (Å²) in [4.78, 5) is 32.8. The maximum Gasteiger partial charge on any atom is 0.223 e. The number of hydrogen-bond donors (Lipinski definition) is 2. The second-order valence-electron chi connectivity index (χ2n) is 9.32. The van der Waals surface area contributed by atoms with Gasteiger partial charge in [-0.3, -0.25) is 14.6 Å². The highest BCUT2D eigenvalue weighted by Crippen LogP contribution is 2.12. The minimum absolute atomic E-state index is 0.0183. The zero-order chi connectivity index (χ0) is 25.6. The molecule has 2 rings (SSSR count). The SMILES string of the molecule is CC(=O)N1CCN(C(=O)CCc2cccnc2)C/C=C/COC[C@@H](O)[C@@H](O)[C@H](OCCC(C)C)C1. The molecule has 1 aromatic rings. The third-order valence-electron chi connectivity index (χ3n) is 5.99. The first-order chi connectivity index (χ1) is 16.8. The van der Waals surface area contributed by atoms with Crippen molar-refractivity contribution in [2.24, 2.45) is 5.92 Å². The lowest BCUT2D eigenvalue weighted by Crippen LogP contribution is -2.50. The van der Waals surface area contributed by atoms with Crippen molar-refractivity contribution in [3.8, 4) is 0 Å². The van der Waals surface area contributed by atoms with Crippen LogP contribution in [-0.4, -0.2) is 101 Å². The number of aliphatic hydroxyl groups excluding tert-OH is 2. The van der Waals surface area contributed by atoms with Gasteiger partial charge in [0.05, 0.1) is 13.2 Å². The molecule has 0 bridgehead atoms. The molecule has 0 fully saturated rings. The summed E-state index contributed by atoms with van der Waals surface area (Å²) in [6.07, 6.45) is 5.66. The van der Waals surface area contributed by atoms with E-state index in [4.69, 9.17) is 9.47 Å². The van der Waals surface area contributed by atoms with E-state index >= 15 is 0 Å². The maximum atomic E-state index is 13.0. The first-order valence-electron chi connectivity index (χ1n) is 12.4. The van der Waals surface area contributed by atoms with Crippen LogP contribution in [0.5, 0.6) is 0 Å². The van der Waals surface area contributed by atoms with E-state index in [0.717, 1.165) is 12.0 Å². The van der Waals surface area contributed by atoms with Gasteiger partial charge in [0.25, 0.3) is 0 Å². The molecule has 0 spiro atoms. The van der Waals surface area contributed by atoms with Gasteiger partial charge in [-0.2, -0.15) is 0 Å². The molecule has 0 saturated heterocycles. The molecule has 0 unspecified atom stereocenters. The summed E-state index contributed by atoms with van der Waals surface area (Å²) in [5, 5.41) is 21.2. The third-order valence-corrected chi connectivity index (χ3v) is 5.99. The van der Waals surface area contributed by atoms with E-state index in [1.807, 2.05) is 18.2 Å². The Balaban J connectivity index is 2.12. The number of rotatable bonds is 7. The van der Waals surface area contributed by atoms with Crippen LogP contribution in [-0.2, 0) is 25.5 Å². The van der Waals surface area contributed by atoms with E-state index in [1.54, 1.807) is 28.3 Å². The van der Waals surface area contributed by atoms with Crippen LogP contribution in [0.3, 0.4) is 0 Å². The highest BCUT2D eigenvalue weighted by atomic mass is 16.5. The lowest BCUT2D eigenvalue weighted by Gasteiger charge is -2.33. The van der Waals surface area contributed by atoms with Crippen molar-refractivity contribution >= 4 is 11.8 Å². The lowest BCUT2D eigenvalue weighted by molar-refractivity contribution is -0.141. The van der Waals surface area contributed by atoms with Crippen molar-refractivity contribution < 1.29 is 29.3 Å². The number of aliphatic hydroxyl groups is 2. The predicted molar refractivity (Wildman–Crippen MR) is 133 cm³/mol. The van der Waals surface area contributed by atoms with Gasteiger partial charge >= 0.3 is 0 Å². The lowest BCUT2D eigenvalue weighted by atomic mass is 10.1. The molecule has 2 heterocycles. The highest BCUT2D eigenvalue weighted by molar-refractivity contribution is 5.77. The Morgan fingerprint density at radius 3 is 2.69 bits per heavy atom. The van der Waals surface area contributed by atoms with Gasteiger partial charge in [0.15, 0.2) is 0 Å². The molecule has 9 nitrogen and oxygen atoms in total. The quantitative estimate of drug-likeness (QED) is 0.555. The van der Waals surface area contributed by atoms with Crippen LogP contribution in [0, 0.1) is 5.92 Å². The van der Waals surface area contributed by atoms with Crippen LogP contribution in [0.2, 0.25) is 0 Å². The van der Waals surface area contributed by atoms with Crippen LogP contribution in [0.15, 0.2) is 36.7 Å². The number of pyridine rings is 1. The average molecular weight is 492 g/mol. The first kappa shape index (κ1) is 28.9. The summed E-state index contributed by atoms with van der Waals surface area (Å²) in [5.41, 5.74) is 0.992. The Kier molecular flexibility index (Phi) is 12.9. The van der Waals surface area contributed by atoms with E-state index in [9.17, 15) is 19.8 Å². The molecule has 9 heteroatoms. The predicted octanol–water partition coefficient (Wildman–Crippen LogP) is 1.43. The zero-order valence-electron chi connectivity index (χ0n) is 21.2. The molecular formula is C26H41N3O6. The molecule has 0 saturated carbocycles. The number of amides is 2. The number of nitrogens with zero attached hydrogens (tertiary/aromatic N) is 3. The van der Waals surface area contributed by atoms with Crippen molar-refractivity contribution in [3.05, 3.63) is 42.2 Å². The van der Waals surface area contributed by atoms with Crippen molar-refractivity contribution in [1.82, 2.24) is 14.8 Å². The molecule has 35 heavy (non-hydrogen) atoms. The van der Waals surface area contributed by atoms with Gasteiger partial charge in [0.1, 0.15) is 18.3 Å². The number of carbonyl (C=O) groups excluding carboxylic acids is 2. The fourth-order valence-electron chi connectivity index (χ4n) is 3.70. The van der Waals surface area contributed by atoms with Gasteiger partial charge in [-0.25, -0.2) is 0 Å². The minimum Gasteiger partial charge on any atom is -0.388 e. The Morgan fingerprint density at radius 2 is 2.00 bits per heavy atom. The van der Waals surface area contributed by atoms with Crippen molar-refractivity contribution in [2.45, 2.75) is 58.3 Å². The van der Waals surface area contributed by atoms with Gasteiger partial charge < -0.3 is 29.5 Å². The molecule has 2 amide bonds. The van der Waals surface area contributed by atoms with Crippen molar-refractivity contribution in [3.63, 3.8) is 0 Å². The Bertz CT molecular complexity index is 789. The van der Waals surface area contributed by atoms with E-state index in [1.165, 1.54) is 6.92 Å². The van der Waals surface area contributed by atoms with Gasteiger partial charge in [0.2, 0.25) is 11.8 Å². The summed E-state index contributed by atoms with van der Waals surface area (Å²) in [5.74, 6) is 0.210. The highest BCUT2D eigenvalue weighted by Gasteiger charge is 2.30. The van der Waals surface area contributed by atoms with Crippen LogP contribution in [0.4, 0.5) is 0 Å². The fraction of sp³-hybridized carbons (Fsp3) is 0.654. The molecule has 196 valence electrons. The Morgan fingerprint density at radius 1 is 1.23 bits per heavy atom. The molecule has 3 atom stereocenters. The summed E-state index contributed by atoms with van der Waals surface area (Å²) < 4.78 is 11.4. The molecular weight excluding hydrogens is 450 g/mol. The number of aromatic nitrogens is 1. The summed E-state index contributed by atoms with van der Waals surface area (Å²) in [6, 6.07) is 3.79. The third kappa shape index (κ3) is 10.9. The number of hydrogen-bond acceptors (Lipinski definition) is 7. The molecule has 2 N–H and O–H groups in total. The van der Waals surface area contributed by atoms with Gasteiger partial charge in [0, 0.05) is 58.5 Å². The normalized spacial score (nSPS) is 23.7. The summed E-state index contributed by atoms with van der Waals surface area (Å²) >= 11 is 0.